The van der Waals surface area contributed by atoms with Gasteiger partial charge in [0.05, 0.1) is 12.0 Å². The van der Waals surface area contributed by atoms with Crippen LogP contribution < -0.4 is 0 Å². The molecule has 0 aliphatic heterocycles. The van der Waals surface area contributed by atoms with E-state index in [4.69, 9.17) is 5.26 Å². The molecule has 0 aliphatic carbocycles. The molecule has 30 heavy (non-hydrogen) atoms. The van der Waals surface area contributed by atoms with Gasteiger partial charge < -0.3 is 0 Å². The lowest BCUT2D eigenvalue weighted by atomic mass is 9.76. The molecule has 0 aliphatic rings. The number of thiophene rings is 1. The van der Waals surface area contributed by atoms with Crippen molar-refractivity contribution in [2.75, 3.05) is 0 Å². The maximum atomic E-state index is 14.0. The second-order valence-corrected chi connectivity index (χ2v) is 8.44. The van der Waals surface area contributed by atoms with Crippen LogP contribution in [0.25, 0.3) is 10.4 Å². The Hall–Kier alpha value is -2.60. The molecule has 0 spiro atoms. The second-order valence-electron chi connectivity index (χ2n) is 7.35. The second kappa shape index (κ2) is 8.26. The van der Waals surface area contributed by atoms with Crippen molar-refractivity contribution < 1.29 is 26.3 Å². The first-order chi connectivity index (χ1) is 13.7. The van der Waals surface area contributed by atoms with Gasteiger partial charge in [-0.15, -0.1) is 11.3 Å². The molecule has 0 bridgehead atoms. The fraction of sp³-hybridized carbons (Fsp3) is 0.333. The Bertz CT molecular complexity index is 988. The summed E-state index contributed by atoms with van der Waals surface area (Å²) in [5.41, 5.74) is -1.77. The molecule has 0 fully saturated rings. The summed E-state index contributed by atoms with van der Waals surface area (Å²) in [5, 5.41) is 8.79. The average molecular weight is 444 g/mol. The molecule has 160 valence electrons. The van der Waals surface area contributed by atoms with E-state index in [1.807, 2.05) is 0 Å². The summed E-state index contributed by atoms with van der Waals surface area (Å²) in [7, 11) is 0. The Morgan fingerprint density at radius 1 is 1.20 bits per heavy atom. The van der Waals surface area contributed by atoms with Gasteiger partial charge in [-0.05, 0) is 42.2 Å². The molecular formula is C21H18F6N2S. The third-order valence-corrected chi connectivity index (χ3v) is 5.84. The number of alkyl halides is 6. The van der Waals surface area contributed by atoms with Gasteiger partial charge in [0.15, 0.2) is 0 Å². The van der Waals surface area contributed by atoms with E-state index >= 15 is 0 Å². The summed E-state index contributed by atoms with van der Waals surface area (Å²) in [5.74, 6) is -1.88. The van der Waals surface area contributed by atoms with Gasteiger partial charge in [0.2, 0.25) is 0 Å². The van der Waals surface area contributed by atoms with E-state index < -0.39 is 29.4 Å². The number of rotatable bonds is 5. The van der Waals surface area contributed by atoms with Gasteiger partial charge in [0.1, 0.15) is 5.69 Å². The Balaban J connectivity index is 2.50. The van der Waals surface area contributed by atoms with Crippen molar-refractivity contribution in [1.82, 2.24) is 4.98 Å². The molecule has 0 radical (unpaired) electrons. The highest BCUT2D eigenvalue weighted by Crippen LogP contribution is 2.52. The summed E-state index contributed by atoms with van der Waals surface area (Å²) >= 11 is 0.865. The smallest absolute Gasteiger partial charge is 0.251 e. The summed E-state index contributed by atoms with van der Waals surface area (Å²) < 4.78 is 80.2. The van der Waals surface area contributed by atoms with E-state index in [1.54, 1.807) is 6.07 Å². The van der Waals surface area contributed by atoms with Crippen LogP contribution in [0.5, 0.6) is 0 Å². The zero-order valence-corrected chi connectivity index (χ0v) is 17.1. The Labute approximate surface area is 174 Å². The van der Waals surface area contributed by atoms with Gasteiger partial charge in [-0.3, -0.25) is 4.98 Å². The van der Waals surface area contributed by atoms with Crippen molar-refractivity contribution in [1.29, 1.82) is 5.26 Å². The highest BCUT2D eigenvalue weighted by molar-refractivity contribution is 7.15. The lowest BCUT2D eigenvalue weighted by Gasteiger charge is -2.33. The highest BCUT2D eigenvalue weighted by atomic mass is 32.1. The van der Waals surface area contributed by atoms with Gasteiger partial charge in [0.25, 0.3) is 0 Å². The quantitative estimate of drug-likeness (QED) is 0.273. The zero-order valence-electron chi connectivity index (χ0n) is 16.3. The first kappa shape index (κ1) is 23.7. The maximum absolute atomic E-state index is 14.0. The van der Waals surface area contributed by atoms with E-state index in [2.05, 4.69) is 11.6 Å². The first-order valence-electron chi connectivity index (χ1n) is 8.65. The standard InChI is InChI=1S/C21H18F6N2S/c1-12(10-28)7-8-19(3,4)18(21(25,26)27)17-13(2)9-15(30-17)14-5-6-16(29-11-14)20(22,23)24/h5-9,11,18H,1H2,2-4H3/b8-7-. The molecule has 0 N–H and O–H groups in total. The molecule has 2 aromatic heterocycles. The average Bonchev–Trinajstić information content (AvgIpc) is 2.98. The van der Waals surface area contributed by atoms with Crippen LogP contribution in [0.4, 0.5) is 26.3 Å². The molecule has 2 rings (SSSR count). The van der Waals surface area contributed by atoms with Crippen LogP contribution in [-0.4, -0.2) is 11.2 Å². The normalized spacial score (nSPS) is 14.0. The molecular weight excluding hydrogens is 426 g/mol. The molecule has 1 atom stereocenters. The summed E-state index contributed by atoms with van der Waals surface area (Å²) in [6, 6.07) is 5.26. The zero-order chi connectivity index (χ0) is 22.9. The van der Waals surface area contributed by atoms with E-state index in [0.717, 1.165) is 23.6 Å². The summed E-state index contributed by atoms with van der Waals surface area (Å²) in [6.45, 7) is 7.79. The highest BCUT2D eigenvalue weighted by Gasteiger charge is 2.50. The van der Waals surface area contributed by atoms with E-state index in [-0.39, 0.29) is 10.5 Å². The first-order valence-corrected chi connectivity index (χ1v) is 9.47. The Morgan fingerprint density at radius 2 is 1.83 bits per heavy atom. The fourth-order valence-electron chi connectivity index (χ4n) is 2.99. The number of pyridine rings is 1. The fourth-order valence-corrected chi connectivity index (χ4v) is 4.48. The van der Waals surface area contributed by atoms with Gasteiger partial charge in [0, 0.05) is 27.1 Å². The van der Waals surface area contributed by atoms with Crippen molar-refractivity contribution in [3.05, 3.63) is 64.8 Å². The van der Waals surface area contributed by atoms with Crippen LogP contribution in [0.3, 0.4) is 0 Å². The van der Waals surface area contributed by atoms with Gasteiger partial charge >= 0.3 is 12.4 Å². The van der Waals surface area contributed by atoms with Crippen molar-refractivity contribution in [3.8, 4) is 16.5 Å². The lowest BCUT2D eigenvalue weighted by molar-refractivity contribution is -0.167. The molecule has 2 heterocycles. The van der Waals surface area contributed by atoms with E-state index in [9.17, 15) is 26.3 Å². The van der Waals surface area contributed by atoms with Crippen LogP contribution in [-0.2, 0) is 6.18 Å². The lowest BCUT2D eigenvalue weighted by Crippen LogP contribution is -2.33. The van der Waals surface area contributed by atoms with Crippen molar-refractivity contribution >= 4 is 11.3 Å². The minimum Gasteiger partial charge on any atom is -0.251 e. The van der Waals surface area contributed by atoms with Crippen LogP contribution in [0.15, 0.2) is 48.7 Å². The van der Waals surface area contributed by atoms with Gasteiger partial charge in [-0.2, -0.15) is 31.6 Å². The number of aromatic nitrogens is 1. The number of hydrogen-bond acceptors (Lipinski definition) is 3. The van der Waals surface area contributed by atoms with Crippen molar-refractivity contribution in [2.24, 2.45) is 5.41 Å². The minimum atomic E-state index is -4.60. The van der Waals surface area contributed by atoms with Crippen molar-refractivity contribution in [3.63, 3.8) is 0 Å². The van der Waals surface area contributed by atoms with Crippen LogP contribution >= 0.6 is 11.3 Å². The van der Waals surface area contributed by atoms with Crippen LogP contribution in [0.2, 0.25) is 0 Å². The van der Waals surface area contributed by atoms with E-state index in [0.29, 0.717) is 16.0 Å². The monoisotopic (exact) mass is 444 g/mol. The molecule has 0 saturated carbocycles. The Kier molecular flexibility index (Phi) is 6.52. The summed E-state index contributed by atoms with van der Waals surface area (Å²) in [4.78, 5) is 3.81. The minimum absolute atomic E-state index is 0.0309. The predicted molar refractivity (Wildman–Crippen MR) is 104 cm³/mol. The molecule has 0 aromatic carbocycles. The predicted octanol–water partition coefficient (Wildman–Crippen LogP) is 7.45. The largest absolute Gasteiger partial charge is 0.433 e. The molecule has 9 heteroatoms. The Morgan fingerprint density at radius 3 is 2.30 bits per heavy atom. The molecule has 1 unspecified atom stereocenters. The number of aryl methyl sites for hydroxylation is 1. The van der Waals surface area contributed by atoms with Crippen LogP contribution in [0, 0.1) is 23.7 Å². The van der Waals surface area contributed by atoms with Gasteiger partial charge in [-0.1, -0.05) is 26.5 Å². The van der Waals surface area contributed by atoms with E-state index in [1.165, 1.54) is 45.1 Å². The topological polar surface area (TPSA) is 36.7 Å². The SMILES string of the molecule is C=C(C#N)/C=C\C(C)(C)C(c1sc(-c2ccc(C(F)(F)F)nc2)cc1C)C(F)(F)F. The molecule has 0 saturated heterocycles. The summed E-state index contributed by atoms with van der Waals surface area (Å²) in [6.07, 6.45) is -5.63. The third kappa shape index (κ3) is 5.30. The number of halogens is 6. The number of nitriles is 1. The van der Waals surface area contributed by atoms with Gasteiger partial charge in [-0.25, -0.2) is 0 Å². The number of allylic oxidation sites excluding steroid dienone is 3. The van der Waals surface area contributed by atoms with Crippen molar-refractivity contribution in [2.45, 2.75) is 39.0 Å². The van der Waals surface area contributed by atoms with Crippen LogP contribution in [0.1, 0.15) is 35.9 Å². The number of hydrogen-bond donors (Lipinski definition) is 0. The molecule has 2 nitrogen and oxygen atoms in total. The maximum Gasteiger partial charge on any atom is 0.433 e. The molecule has 2 aromatic rings. The molecule has 0 amide bonds. The third-order valence-electron chi connectivity index (χ3n) is 4.49. The number of nitrogens with zero attached hydrogens (tertiary/aromatic N) is 2.